The van der Waals surface area contributed by atoms with Gasteiger partial charge in [0.2, 0.25) is 0 Å². The van der Waals surface area contributed by atoms with Crippen LogP contribution in [0.1, 0.15) is 51.4 Å². The lowest BCUT2D eigenvalue weighted by Crippen LogP contribution is -2.27. The van der Waals surface area contributed by atoms with E-state index in [2.05, 4.69) is 26.8 Å². The number of nitrogens with zero attached hydrogens (tertiary/aromatic N) is 3. The molecule has 7 nitrogen and oxygen atoms in total. The largest absolute Gasteiger partial charge is 0.381 e. The van der Waals surface area contributed by atoms with E-state index in [0.717, 1.165) is 95.1 Å². The van der Waals surface area contributed by atoms with Gasteiger partial charge in [-0.25, -0.2) is 9.97 Å². The minimum atomic E-state index is 0.325. The van der Waals surface area contributed by atoms with Gasteiger partial charge in [0.1, 0.15) is 11.6 Å². The SMILES string of the molecule is Clc1cnc(NC2CCC(C=NC[C@H]3CCCO3)CC2)cc1-c1nc(NCC2CCOCC2)ccc1Cl. The molecule has 2 aromatic rings. The van der Waals surface area contributed by atoms with Crippen LogP contribution in [0, 0.1) is 11.8 Å². The molecule has 2 saturated heterocycles. The van der Waals surface area contributed by atoms with Gasteiger partial charge in [0.05, 0.1) is 28.4 Å². The Hall–Kier alpha value is -1.93. The van der Waals surface area contributed by atoms with Gasteiger partial charge in [0.25, 0.3) is 0 Å². The van der Waals surface area contributed by atoms with Gasteiger partial charge < -0.3 is 20.1 Å². The average Bonchev–Trinajstić information content (AvgIpc) is 3.45. The van der Waals surface area contributed by atoms with Crippen molar-refractivity contribution >= 4 is 41.1 Å². The quantitative estimate of drug-likeness (QED) is 0.349. The van der Waals surface area contributed by atoms with Crippen molar-refractivity contribution in [2.24, 2.45) is 16.8 Å². The monoisotopic (exact) mass is 545 g/mol. The minimum Gasteiger partial charge on any atom is -0.381 e. The third kappa shape index (κ3) is 7.56. The van der Waals surface area contributed by atoms with Crippen LogP contribution in [0.15, 0.2) is 29.4 Å². The molecule has 37 heavy (non-hydrogen) atoms. The van der Waals surface area contributed by atoms with Crippen LogP contribution < -0.4 is 10.6 Å². The third-order valence-electron chi connectivity index (χ3n) is 7.64. The summed E-state index contributed by atoms with van der Waals surface area (Å²) in [5, 5.41) is 8.18. The Balaban J connectivity index is 1.17. The molecule has 3 fully saturated rings. The van der Waals surface area contributed by atoms with Crippen molar-refractivity contribution in [3.8, 4) is 11.3 Å². The number of rotatable bonds is 9. The molecule has 2 N–H and O–H groups in total. The Labute approximate surface area is 229 Å². The number of nitrogens with one attached hydrogen (secondary N) is 2. The molecule has 0 amide bonds. The minimum absolute atomic E-state index is 0.325. The van der Waals surface area contributed by atoms with Crippen molar-refractivity contribution in [3.63, 3.8) is 0 Å². The molecule has 4 heterocycles. The zero-order valence-electron chi connectivity index (χ0n) is 21.3. The number of halogens is 2. The number of hydrogen-bond donors (Lipinski definition) is 2. The molecule has 1 saturated carbocycles. The van der Waals surface area contributed by atoms with Crippen LogP contribution in [0.25, 0.3) is 11.3 Å². The molecule has 0 radical (unpaired) electrons. The van der Waals surface area contributed by atoms with Crippen LogP contribution in [0.5, 0.6) is 0 Å². The highest BCUT2D eigenvalue weighted by Crippen LogP contribution is 2.35. The van der Waals surface area contributed by atoms with E-state index in [4.69, 9.17) is 37.7 Å². The van der Waals surface area contributed by atoms with E-state index in [1.807, 2.05) is 18.2 Å². The van der Waals surface area contributed by atoms with Crippen molar-refractivity contribution in [2.45, 2.75) is 63.5 Å². The van der Waals surface area contributed by atoms with Crippen molar-refractivity contribution in [3.05, 3.63) is 34.4 Å². The maximum Gasteiger partial charge on any atom is 0.126 e. The average molecular weight is 547 g/mol. The summed E-state index contributed by atoms with van der Waals surface area (Å²) >= 11 is 13.1. The number of ether oxygens (including phenoxy) is 2. The van der Waals surface area contributed by atoms with Crippen LogP contribution in [0.4, 0.5) is 11.6 Å². The summed E-state index contributed by atoms with van der Waals surface area (Å²) in [7, 11) is 0. The first kappa shape index (κ1) is 26.7. The van der Waals surface area contributed by atoms with Gasteiger partial charge in [-0.05, 0) is 81.4 Å². The predicted molar refractivity (Wildman–Crippen MR) is 151 cm³/mol. The predicted octanol–water partition coefficient (Wildman–Crippen LogP) is 6.51. The van der Waals surface area contributed by atoms with Crippen LogP contribution >= 0.6 is 23.2 Å². The number of aromatic nitrogens is 2. The highest BCUT2D eigenvalue weighted by atomic mass is 35.5. The summed E-state index contributed by atoms with van der Waals surface area (Å²) in [6, 6.07) is 6.14. The van der Waals surface area contributed by atoms with Gasteiger partial charge in [-0.1, -0.05) is 23.2 Å². The molecule has 2 aromatic heterocycles. The smallest absolute Gasteiger partial charge is 0.126 e. The van der Waals surface area contributed by atoms with E-state index in [1.54, 1.807) is 6.20 Å². The van der Waals surface area contributed by atoms with E-state index in [0.29, 0.717) is 39.7 Å². The van der Waals surface area contributed by atoms with Crippen LogP contribution in [-0.2, 0) is 9.47 Å². The lowest BCUT2D eigenvalue weighted by Gasteiger charge is -2.27. The number of pyridine rings is 2. The van der Waals surface area contributed by atoms with Crippen LogP contribution in [0.2, 0.25) is 10.0 Å². The molecule has 0 unspecified atom stereocenters. The summed E-state index contributed by atoms with van der Waals surface area (Å²) in [4.78, 5) is 14.0. The molecule has 1 aliphatic carbocycles. The maximum atomic E-state index is 6.57. The highest BCUT2D eigenvalue weighted by Gasteiger charge is 2.22. The Kier molecular flexibility index (Phi) is 9.54. The summed E-state index contributed by atoms with van der Waals surface area (Å²) < 4.78 is 11.1. The first-order valence-electron chi connectivity index (χ1n) is 13.7. The van der Waals surface area contributed by atoms with Gasteiger partial charge in [-0.3, -0.25) is 4.99 Å². The molecule has 9 heteroatoms. The van der Waals surface area contributed by atoms with Crippen LogP contribution in [0.3, 0.4) is 0 Å². The summed E-state index contributed by atoms with van der Waals surface area (Å²) in [6.07, 6.45) is 13.0. The van der Waals surface area contributed by atoms with Crippen LogP contribution in [-0.4, -0.2) is 61.2 Å². The van der Waals surface area contributed by atoms with E-state index < -0.39 is 0 Å². The van der Waals surface area contributed by atoms with Crippen molar-refractivity contribution in [1.82, 2.24) is 9.97 Å². The molecule has 0 aromatic carbocycles. The topological polar surface area (TPSA) is 80.7 Å². The van der Waals surface area contributed by atoms with Crippen molar-refractivity contribution < 1.29 is 9.47 Å². The van der Waals surface area contributed by atoms with Gasteiger partial charge in [0.15, 0.2) is 0 Å². The second-order valence-electron chi connectivity index (χ2n) is 10.4. The molecule has 2 aliphatic heterocycles. The lowest BCUT2D eigenvalue weighted by atomic mass is 9.87. The molecule has 200 valence electrons. The van der Waals surface area contributed by atoms with Gasteiger partial charge in [0, 0.05) is 50.4 Å². The van der Waals surface area contributed by atoms with E-state index in [-0.39, 0.29) is 0 Å². The molecular formula is C28H37Cl2N5O2. The maximum absolute atomic E-state index is 6.57. The molecule has 1 atom stereocenters. The second-order valence-corrected chi connectivity index (χ2v) is 11.2. The Morgan fingerprint density at radius 3 is 2.59 bits per heavy atom. The zero-order chi connectivity index (χ0) is 25.5. The number of hydrogen-bond acceptors (Lipinski definition) is 7. The third-order valence-corrected chi connectivity index (χ3v) is 8.25. The lowest BCUT2D eigenvalue weighted by molar-refractivity contribution is 0.0699. The fraction of sp³-hybridized carbons (Fsp3) is 0.607. The zero-order valence-corrected chi connectivity index (χ0v) is 22.8. The molecule has 3 aliphatic rings. The fourth-order valence-corrected chi connectivity index (χ4v) is 5.77. The fourth-order valence-electron chi connectivity index (χ4n) is 5.37. The van der Waals surface area contributed by atoms with Crippen molar-refractivity contribution in [2.75, 3.05) is 43.5 Å². The van der Waals surface area contributed by atoms with Gasteiger partial charge in [-0.15, -0.1) is 0 Å². The van der Waals surface area contributed by atoms with E-state index in [1.165, 1.54) is 6.42 Å². The first-order chi connectivity index (χ1) is 18.1. The molecule has 0 bridgehead atoms. The Bertz CT molecular complexity index is 1050. The molecular weight excluding hydrogens is 509 g/mol. The normalized spacial score (nSPS) is 25.0. The first-order valence-corrected chi connectivity index (χ1v) is 14.4. The Morgan fingerprint density at radius 1 is 0.973 bits per heavy atom. The second kappa shape index (κ2) is 13.2. The van der Waals surface area contributed by atoms with E-state index in [9.17, 15) is 0 Å². The molecule has 5 rings (SSSR count). The summed E-state index contributed by atoms with van der Waals surface area (Å²) in [5.74, 6) is 2.74. The number of aliphatic imine (C=N–C) groups is 1. The van der Waals surface area contributed by atoms with Gasteiger partial charge >= 0.3 is 0 Å². The number of anilines is 2. The molecule has 0 spiro atoms. The summed E-state index contributed by atoms with van der Waals surface area (Å²) in [5.41, 5.74) is 1.45. The summed E-state index contributed by atoms with van der Waals surface area (Å²) in [6.45, 7) is 4.23. The van der Waals surface area contributed by atoms with Crippen molar-refractivity contribution in [1.29, 1.82) is 0 Å². The van der Waals surface area contributed by atoms with Gasteiger partial charge in [-0.2, -0.15) is 0 Å². The van der Waals surface area contributed by atoms with E-state index >= 15 is 0 Å². The Morgan fingerprint density at radius 2 is 1.81 bits per heavy atom. The highest BCUT2D eigenvalue weighted by molar-refractivity contribution is 6.36. The standard InChI is InChI=1S/C28H37Cl2N5O2/c29-24-7-8-26(32-16-20-9-12-36-13-10-20)35-28(24)23-14-27(33-18-25(23)30)34-21-5-3-19(4-6-21)15-31-17-22-2-1-11-37-22/h7-8,14-15,18-22H,1-6,9-13,16-17H2,(H,32,35)(H,33,34)/t19?,21?,22-/m1/s1.